The van der Waals surface area contributed by atoms with Gasteiger partial charge in [-0.2, -0.15) is 0 Å². The molecule has 4 aliphatic heterocycles. The predicted molar refractivity (Wildman–Crippen MR) is 145 cm³/mol. The second kappa shape index (κ2) is 10.3. The maximum absolute atomic E-state index is 13.0. The minimum atomic E-state index is -0.615. The third-order valence-corrected chi connectivity index (χ3v) is 8.39. The zero-order valence-electron chi connectivity index (χ0n) is 22.2. The maximum Gasteiger partial charge on any atom is 0.255 e. The Morgan fingerprint density at radius 2 is 2.00 bits per heavy atom. The molecule has 0 bridgehead atoms. The van der Waals surface area contributed by atoms with Gasteiger partial charge in [-0.1, -0.05) is 6.07 Å². The zero-order chi connectivity index (χ0) is 27.2. The summed E-state index contributed by atoms with van der Waals surface area (Å²) in [6.07, 6.45) is 4.48. The van der Waals surface area contributed by atoms with Crippen LogP contribution in [-0.2, 0) is 27.4 Å². The summed E-state index contributed by atoms with van der Waals surface area (Å²) in [4.78, 5) is 50.1. The molecule has 1 aromatic heterocycles. The topological polar surface area (TPSA) is 114 Å². The molecule has 7 rings (SSSR count). The van der Waals surface area contributed by atoms with Crippen molar-refractivity contribution in [3.63, 3.8) is 0 Å². The molecule has 0 aliphatic carbocycles. The standard InChI is InChI=1S/C30H31N5O5/c36-27-6-5-26(29(37)33-27)35-15-21-12-22(2-3-24(21)30(35)38)40-23-7-9-34(16-23)14-18-1-4-25-20(11-18)13-31-28(32-25)19-8-10-39-17-19/h1-4,11-13,19,23,26H,5-10,14-17H2,(H,33,36,37)/t19-,23+,26+/m1/s1. The van der Waals surface area contributed by atoms with Crippen molar-refractivity contribution in [3.05, 3.63) is 65.1 Å². The molecule has 40 heavy (non-hydrogen) atoms. The summed E-state index contributed by atoms with van der Waals surface area (Å²) in [7, 11) is 0. The number of likely N-dealkylation sites (tertiary alicyclic amines) is 1. The minimum absolute atomic E-state index is 0.0568. The number of imide groups is 1. The lowest BCUT2D eigenvalue weighted by atomic mass is 10.0. The number of nitrogens with zero attached hydrogens (tertiary/aromatic N) is 4. The van der Waals surface area contributed by atoms with Gasteiger partial charge in [0.15, 0.2) is 0 Å². The fourth-order valence-corrected chi connectivity index (χ4v) is 6.24. The quantitative estimate of drug-likeness (QED) is 0.474. The van der Waals surface area contributed by atoms with Crippen molar-refractivity contribution >= 4 is 28.6 Å². The Labute approximate surface area is 231 Å². The average molecular weight is 542 g/mol. The van der Waals surface area contributed by atoms with Crippen molar-refractivity contribution in [1.82, 2.24) is 25.1 Å². The Kier molecular flexibility index (Phi) is 6.44. The van der Waals surface area contributed by atoms with E-state index in [9.17, 15) is 14.4 Å². The smallest absolute Gasteiger partial charge is 0.255 e. The summed E-state index contributed by atoms with van der Waals surface area (Å²) < 4.78 is 11.8. The van der Waals surface area contributed by atoms with E-state index in [1.165, 1.54) is 5.56 Å². The van der Waals surface area contributed by atoms with E-state index in [1.54, 1.807) is 11.0 Å². The highest BCUT2D eigenvalue weighted by Crippen LogP contribution is 2.31. The van der Waals surface area contributed by atoms with Crippen LogP contribution in [0, 0.1) is 0 Å². The second-order valence-corrected chi connectivity index (χ2v) is 11.2. The summed E-state index contributed by atoms with van der Waals surface area (Å²) in [6, 6.07) is 11.3. The van der Waals surface area contributed by atoms with Crippen LogP contribution in [0.4, 0.5) is 0 Å². The van der Waals surface area contributed by atoms with Crippen molar-refractivity contribution in [2.45, 2.75) is 56.8 Å². The molecule has 3 aromatic rings. The number of amides is 3. The van der Waals surface area contributed by atoms with Gasteiger partial charge in [-0.15, -0.1) is 0 Å². The molecule has 3 saturated heterocycles. The van der Waals surface area contributed by atoms with Gasteiger partial charge in [0.2, 0.25) is 11.8 Å². The molecule has 3 fully saturated rings. The molecule has 5 heterocycles. The summed E-state index contributed by atoms with van der Waals surface area (Å²) >= 11 is 0. The monoisotopic (exact) mass is 541 g/mol. The number of ether oxygens (including phenoxy) is 2. The summed E-state index contributed by atoms with van der Waals surface area (Å²) in [6.45, 7) is 4.40. The Hall–Kier alpha value is -3.89. The molecular weight excluding hydrogens is 510 g/mol. The average Bonchev–Trinajstić information content (AvgIpc) is 3.70. The van der Waals surface area contributed by atoms with Crippen molar-refractivity contribution in [2.24, 2.45) is 0 Å². The number of aromatic nitrogens is 2. The highest BCUT2D eigenvalue weighted by Gasteiger charge is 2.39. The van der Waals surface area contributed by atoms with Crippen LogP contribution in [0.1, 0.15) is 58.9 Å². The van der Waals surface area contributed by atoms with Crippen LogP contribution in [-0.4, -0.2) is 75.9 Å². The highest BCUT2D eigenvalue weighted by molar-refractivity contribution is 6.05. The molecule has 10 heteroatoms. The number of nitrogens with one attached hydrogen (secondary N) is 1. The number of rotatable bonds is 6. The van der Waals surface area contributed by atoms with Crippen LogP contribution in [0.2, 0.25) is 0 Å². The third-order valence-electron chi connectivity index (χ3n) is 8.39. The summed E-state index contributed by atoms with van der Waals surface area (Å²) in [5.41, 5.74) is 3.63. The Balaban J connectivity index is 0.965. The highest BCUT2D eigenvalue weighted by atomic mass is 16.5. The van der Waals surface area contributed by atoms with Crippen LogP contribution in [0.5, 0.6) is 5.75 Å². The Morgan fingerprint density at radius 1 is 1.07 bits per heavy atom. The molecule has 3 amide bonds. The van der Waals surface area contributed by atoms with Crippen molar-refractivity contribution in [3.8, 4) is 5.75 Å². The van der Waals surface area contributed by atoms with Gasteiger partial charge in [0.25, 0.3) is 5.91 Å². The number of benzene rings is 2. The Bertz CT molecular complexity index is 1500. The van der Waals surface area contributed by atoms with E-state index < -0.39 is 11.9 Å². The van der Waals surface area contributed by atoms with Gasteiger partial charge in [0, 0.05) is 62.3 Å². The van der Waals surface area contributed by atoms with E-state index in [2.05, 4.69) is 33.4 Å². The minimum Gasteiger partial charge on any atom is -0.489 e. The van der Waals surface area contributed by atoms with Crippen LogP contribution >= 0.6 is 0 Å². The van der Waals surface area contributed by atoms with Crippen LogP contribution in [0.3, 0.4) is 0 Å². The molecule has 2 aromatic carbocycles. The lowest BCUT2D eigenvalue weighted by Crippen LogP contribution is -2.52. The van der Waals surface area contributed by atoms with E-state index in [0.29, 0.717) is 31.1 Å². The lowest BCUT2D eigenvalue weighted by molar-refractivity contribution is -0.136. The normalized spacial score (nSPS) is 25.1. The molecule has 4 aliphatic rings. The van der Waals surface area contributed by atoms with Crippen LogP contribution < -0.4 is 10.1 Å². The fourth-order valence-electron chi connectivity index (χ4n) is 6.24. The zero-order valence-corrected chi connectivity index (χ0v) is 22.2. The van der Waals surface area contributed by atoms with Crippen molar-refractivity contribution < 1.29 is 23.9 Å². The predicted octanol–water partition coefficient (Wildman–Crippen LogP) is 2.55. The first kappa shape index (κ1) is 25.1. The number of hydrogen-bond donors (Lipinski definition) is 1. The first-order valence-corrected chi connectivity index (χ1v) is 14.0. The molecule has 206 valence electrons. The number of fused-ring (bicyclic) bond motifs is 2. The van der Waals surface area contributed by atoms with Crippen molar-refractivity contribution in [2.75, 3.05) is 26.3 Å². The molecule has 10 nitrogen and oxygen atoms in total. The van der Waals surface area contributed by atoms with Gasteiger partial charge in [0.1, 0.15) is 23.7 Å². The molecule has 0 unspecified atom stereocenters. The van der Waals surface area contributed by atoms with E-state index in [-0.39, 0.29) is 24.3 Å². The second-order valence-electron chi connectivity index (χ2n) is 11.2. The number of carbonyl (C=O) groups excluding carboxylic acids is 3. The molecule has 0 saturated carbocycles. The first-order chi connectivity index (χ1) is 19.5. The van der Waals surface area contributed by atoms with E-state index in [0.717, 1.165) is 67.1 Å². The fraction of sp³-hybridized carbons (Fsp3) is 0.433. The van der Waals surface area contributed by atoms with Gasteiger partial charge < -0.3 is 14.4 Å². The van der Waals surface area contributed by atoms with Crippen LogP contribution in [0.15, 0.2) is 42.6 Å². The number of piperidine rings is 1. The molecule has 0 spiro atoms. The van der Waals surface area contributed by atoms with Gasteiger partial charge >= 0.3 is 0 Å². The summed E-state index contributed by atoms with van der Waals surface area (Å²) in [5, 5.41) is 3.39. The maximum atomic E-state index is 13.0. The van der Waals surface area contributed by atoms with Gasteiger partial charge in [-0.25, -0.2) is 9.97 Å². The van der Waals surface area contributed by atoms with Gasteiger partial charge in [0.05, 0.1) is 12.1 Å². The first-order valence-electron chi connectivity index (χ1n) is 14.0. The SMILES string of the molecule is O=C1CC[C@H](N2Cc3cc(O[C@H]4CCN(Cc5ccc6nc([C@@H]7CCOC7)ncc6c5)C4)ccc3C2=O)C(=O)N1. The molecule has 0 radical (unpaired) electrons. The van der Waals surface area contributed by atoms with Crippen molar-refractivity contribution in [1.29, 1.82) is 0 Å². The lowest BCUT2D eigenvalue weighted by Gasteiger charge is -2.29. The Morgan fingerprint density at radius 3 is 2.85 bits per heavy atom. The number of carbonyl (C=O) groups is 3. The molecule has 1 N–H and O–H groups in total. The van der Waals surface area contributed by atoms with E-state index in [4.69, 9.17) is 14.5 Å². The van der Waals surface area contributed by atoms with E-state index >= 15 is 0 Å². The summed E-state index contributed by atoms with van der Waals surface area (Å²) in [5.74, 6) is 1.04. The van der Waals surface area contributed by atoms with E-state index in [1.807, 2.05) is 18.3 Å². The largest absolute Gasteiger partial charge is 0.489 e. The molecule has 3 atom stereocenters. The number of hydrogen-bond acceptors (Lipinski definition) is 8. The van der Waals surface area contributed by atoms with Gasteiger partial charge in [-0.05, 0) is 60.7 Å². The van der Waals surface area contributed by atoms with Crippen LogP contribution in [0.25, 0.3) is 10.9 Å². The van der Waals surface area contributed by atoms with Gasteiger partial charge in [-0.3, -0.25) is 24.6 Å². The molecular formula is C30H31N5O5. The third kappa shape index (κ3) is 4.82.